The summed E-state index contributed by atoms with van der Waals surface area (Å²) in [5.41, 5.74) is 7.40. The molecule has 0 spiro atoms. The number of esters is 1. The van der Waals surface area contributed by atoms with E-state index in [9.17, 15) is 9.59 Å². The summed E-state index contributed by atoms with van der Waals surface area (Å²) in [5, 5.41) is 0.561. The lowest BCUT2D eigenvalue weighted by atomic mass is 9.77. The molecular formula is C19H20ClNO5. The third-order valence-corrected chi connectivity index (χ3v) is 4.68. The van der Waals surface area contributed by atoms with Crippen molar-refractivity contribution in [1.82, 2.24) is 0 Å². The van der Waals surface area contributed by atoms with Crippen molar-refractivity contribution in [2.45, 2.75) is 25.2 Å². The Labute approximate surface area is 156 Å². The first-order valence-corrected chi connectivity index (χ1v) is 8.76. The van der Waals surface area contributed by atoms with Crippen molar-refractivity contribution in [3.63, 3.8) is 0 Å². The largest absolute Gasteiger partial charge is 0.460 e. The molecular weight excluding hydrogens is 358 g/mol. The lowest BCUT2D eigenvalue weighted by molar-refractivity contribution is -0.140. The van der Waals surface area contributed by atoms with Crippen molar-refractivity contribution in [3.05, 3.63) is 57.6 Å². The van der Waals surface area contributed by atoms with Crippen LogP contribution in [0.5, 0.6) is 0 Å². The summed E-state index contributed by atoms with van der Waals surface area (Å²) in [5.74, 6) is -0.780. The smallest absolute Gasteiger partial charge is 0.340 e. The van der Waals surface area contributed by atoms with E-state index in [2.05, 4.69) is 0 Å². The molecule has 1 aliphatic carbocycles. The Morgan fingerprint density at radius 2 is 2.00 bits per heavy atom. The summed E-state index contributed by atoms with van der Waals surface area (Å²) in [7, 11) is 1.51. The van der Waals surface area contributed by atoms with Gasteiger partial charge in [-0.05, 0) is 24.1 Å². The number of nitrogens with two attached hydrogens (primary N) is 1. The molecule has 1 atom stereocenters. The quantitative estimate of drug-likeness (QED) is 0.627. The van der Waals surface area contributed by atoms with Gasteiger partial charge in [0.1, 0.15) is 17.9 Å². The number of halogens is 1. The van der Waals surface area contributed by atoms with Crippen LogP contribution in [0, 0.1) is 0 Å². The Balaban J connectivity index is 2.04. The van der Waals surface area contributed by atoms with Gasteiger partial charge in [0.2, 0.25) is 5.88 Å². The van der Waals surface area contributed by atoms with Crippen LogP contribution in [0.25, 0.3) is 0 Å². The maximum absolute atomic E-state index is 12.7. The number of ether oxygens (including phenoxy) is 3. The molecule has 2 aliphatic rings. The number of hydrogen-bond acceptors (Lipinski definition) is 6. The summed E-state index contributed by atoms with van der Waals surface area (Å²) in [6.07, 6.45) is 1.72. The van der Waals surface area contributed by atoms with Crippen LogP contribution in [0.2, 0.25) is 5.02 Å². The fourth-order valence-corrected chi connectivity index (χ4v) is 3.37. The maximum atomic E-state index is 12.7. The number of carbonyl (C=O) groups excluding carboxylic acids is 2. The first-order valence-electron chi connectivity index (χ1n) is 8.38. The van der Waals surface area contributed by atoms with E-state index in [4.69, 9.17) is 31.5 Å². The molecule has 3 rings (SSSR count). The van der Waals surface area contributed by atoms with Gasteiger partial charge in [-0.2, -0.15) is 0 Å². The van der Waals surface area contributed by atoms with Gasteiger partial charge in [0.25, 0.3) is 0 Å². The number of benzene rings is 1. The molecule has 0 aromatic heterocycles. The minimum atomic E-state index is -0.626. The van der Waals surface area contributed by atoms with Gasteiger partial charge in [-0.3, -0.25) is 4.79 Å². The van der Waals surface area contributed by atoms with Crippen LogP contribution < -0.4 is 5.73 Å². The monoisotopic (exact) mass is 377 g/mol. The maximum Gasteiger partial charge on any atom is 0.340 e. The number of carbonyl (C=O) groups is 2. The second-order valence-electron chi connectivity index (χ2n) is 6.11. The van der Waals surface area contributed by atoms with Crippen molar-refractivity contribution in [3.8, 4) is 0 Å². The molecule has 0 saturated heterocycles. The van der Waals surface area contributed by atoms with E-state index in [0.29, 0.717) is 35.6 Å². The SMILES string of the molecule is COCCOC(=O)C1=C(N)OC2=C(C(=O)CCC2)C1c1ccc(Cl)cc1. The molecule has 0 bridgehead atoms. The van der Waals surface area contributed by atoms with Gasteiger partial charge in [-0.25, -0.2) is 4.79 Å². The molecule has 0 saturated carbocycles. The van der Waals surface area contributed by atoms with Crippen LogP contribution in [0.3, 0.4) is 0 Å². The third-order valence-electron chi connectivity index (χ3n) is 4.43. The molecule has 138 valence electrons. The average Bonchev–Trinajstić information content (AvgIpc) is 2.61. The first kappa shape index (κ1) is 18.5. The van der Waals surface area contributed by atoms with Crippen LogP contribution in [-0.2, 0) is 23.8 Å². The highest BCUT2D eigenvalue weighted by atomic mass is 35.5. The molecule has 0 fully saturated rings. The third kappa shape index (κ3) is 3.61. The molecule has 6 nitrogen and oxygen atoms in total. The second kappa shape index (κ2) is 7.93. The highest BCUT2D eigenvalue weighted by Gasteiger charge is 2.41. The molecule has 1 heterocycles. The van der Waals surface area contributed by atoms with Gasteiger partial charge in [-0.1, -0.05) is 23.7 Å². The van der Waals surface area contributed by atoms with Crippen LogP contribution in [0.1, 0.15) is 30.7 Å². The molecule has 7 heteroatoms. The summed E-state index contributed by atoms with van der Waals surface area (Å²) < 4.78 is 15.8. The minimum absolute atomic E-state index is 0.0270. The molecule has 1 aliphatic heterocycles. The lowest BCUT2D eigenvalue weighted by Crippen LogP contribution is -2.31. The predicted molar refractivity (Wildman–Crippen MR) is 95.2 cm³/mol. The van der Waals surface area contributed by atoms with E-state index in [1.165, 1.54) is 7.11 Å². The standard InChI is InChI=1S/C19H20ClNO5/c1-24-9-10-25-19(23)17-15(11-5-7-12(20)8-6-11)16-13(22)3-2-4-14(16)26-18(17)21/h5-8,15H,2-4,9-10,21H2,1H3. The number of rotatable bonds is 5. The van der Waals surface area contributed by atoms with E-state index in [0.717, 1.165) is 5.56 Å². The fraction of sp³-hybridized carbons (Fsp3) is 0.368. The van der Waals surface area contributed by atoms with Crippen molar-refractivity contribution in [2.24, 2.45) is 5.73 Å². The average molecular weight is 378 g/mol. The zero-order chi connectivity index (χ0) is 18.7. The number of allylic oxidation sites excluding steroid dienone is 2. The molecule has 0 radical (unpaired) electrons. The van der Waals surface area contributed by atoms with Gasteiger partial charge in [0, 0.05) is 30.5 Å². The number of methoxy groups -OCH3 is 1. The molecule has 2 N–H and O–H groups in total. The van der Waals surface area contributed by atoms with Gasteiger partial charge in [0.05, 0.1) is 12.5 Å². The minimum Gasteiger partial charge on any atom is -0.460 e. The summed E-state index contributed by atoms with van der Waals surface area (Å²) in [6.45, 7) is 0.345. The van der Waals surface area contributed by atoms with Crippen LogP contribution in [0.15, 0.2) is 47.1 Å². The zero-order valence-corrected chi connectivity index (χ0v) is 15.2. The van der Waals surface area contributed by atoms with Crippen LogP contribution in [0.4, 0.5) is 0 Å². The Morgan fingerprint density at radius 3 is 2.69 bits per heavy atom. The normalized spacial score (nSPS) is 19.9. The van der Waals surface area contributed by atoms with Crippen LogP contribution >= 0.6 is 11.6 Å². The molecule has 0 amide bonds. The Bertz CT molecular complexity index is 782. The Morgan fingerprint density at radius 1 is 1.27 bits per heavy atom. The van der Waals surface area contributed by atoms with Gasteiger partial charge in [-0.15, -0.1) is 0 Å². The van der Waals surface area contributed by atoms with E-state index < -0.39 is 11.9 Å². The van der Waals surface area contributed by atoms with E-state index >= 15 is 0 Å². The fourth-order valence-electron chi connectivity index (χ4n) is 3.24. The van der Waals surface area contributed by atoms with Crippen molar-refractivity contribution in [2.75, 3.05) is 20.3 Å². The van der Waals surface area contributed by atoms with E-state index in [1.54, 1.807) is 24.3 Å². The summed E-state index contributed by atoms with van der Waals surface area (Å²) >= 11 is 5.98. The summed E-state index contributed by atoms with van der Waals surface area (Å²) in [4.78, 5) is 25.3. The highest BCUT2D eigenvalue weighted by molar-refractivity contribution is 6.30. The summed E-state index contributed by atoms with van der Waals surface area (Å²) in [6, 6.07) is 6.98. The van der Waals surface area contributed by atoms with Gasteiger partial charge >= 0.3 is 5.97 Å². The zero-order valence-electron chi connectivity index (χ0n) is 14.4. The van der Waals surface area contributed by atoms with Crippen molar-refractivity contribution >= 4 is 23.4 Å². The van der Waals surface area contributed by atoms with Crippen molar-refractivity contribution < 1.29 is 23.8 Å². The van der Waals surface area contributed by atoms with E-state index in [1.807, 2.05) is 0 Å². The molecule has 1 aromatic rings. The number of ketones is 1. The van der Waals surface area contributed by atoms with E-state index in [-0.39, 0.29) is 30.5 Å². The Kier molecular flexibility index (Phi) is 5.64. The first-order chi connectivity index (χ1) is 12.5. The van der Waals surface area contributed by atoms with Crippen molar-refractivity contribution in [1.29, 1.82) is 0 Å². The number of Topliss-reactive ketones (excluding diaryl/α,β-unsaturated/α-hetero) is 1. The second-order valence-corrected chi connectivity index (χ2v) is 6.54. The topological polar surface area (TPSA) is 87.8 Å². The molecule has 1 unspecified atom stereocenters. The highest BCUT2D eigenvalue weighted by Crippen LogP contribution is 2.44. The Hall–Kier alpha value is -2.31. The predicted octanol–water partition coefficient (Wildman–Crippen LogP) is 2.82. The van der Waals surface area contributed by atoms with Gasteiger partial charge < -0.3 is 19.9 Å². The van der Waals surface area contributed by atoms with Crippen LogP contribution in [-0.4, -0.2) is 32.1 Å². The van der Waals surface area contributed by atoms with Gasteiger partial charge in [0.15, 0.2) is 5.78 Å². The lowest BCUT2D eigenvalue weighted by Gasteiger charge is -2.32. The molecule has 1 aromatic carbocycles. The molecule has 26 heavy (non-hydrogen) atoms. The number of hydrogen-bond donors (Lipinski definition) is 1.